The predicted octanol–water partition coefficient (Wildman–Crippen LogP) is 1.05. The van der Waals surface area contributed by atoms with Gasteiger partial charge in [-0.25, -0.2) is 4.98 Å². The van der Waals surface area contributed by atoms with Crippen molar-refractivity contribution in [2.45, 2.75) is 32.7 Å². The molecule has 0 saturated carbocycles. The number of aromatic nitrogens is 1. The smallest absolute Gasteiger partial charge is 0.124 e. The van der Waals surface area contributed by atoms with Crippen LogP contribution in [-0.2, 0) is 6.54 Å². The molecular weight excluding hydrogens is 296 g/mol. The molecule has 3 rings (SSSR count). The molecule has 1 aromatic heterocycles. The van der Waals surface area contributed by atoms with Crippen LogP contribution in [0.1, 0.15) is 40.2 Å². The molecule has 0 amide bonds. The van der Waals surface area contributed by atoms with Gasteiger partial charge < -0.3 is 14.8 Å². The quantitative estimate of drug-likeness (QED) is 0.917. The third-order valence-corrected chi connectivity index (χ3v) is 5.40. The van der Waals surface area contributed by atoms with Crippen molar-refractivity contribution in [1.82, 2.24) is 4.98 Å². The van der Waals surface area contributed by atoms with Gasteiger partial charge in [0.2, 0.25) is 0 Å². The number of hydrogen-bond acceptors (Lipinski definition) is 4. The molecule has 0 unspecified atom stereocenters. The van der Waals surface area contributed by atoms with Crippen LogP contribution < -0.4 is 10.0 Å². The Balaban J connectivity index is 1.90. The molecule has 22 heavy (non-hydrogen) atoms. The molecule has 4 nitrogen and oxygen atoms in total. The third-order valence-electron chi connectivity index (χ3n) is 4.23. The second-order valence-corrected chi connectivity index (χ2v) is 6.86. The molecular formula is C17H20N2O2S. The average Bonchev–Trinajstić information content (AvgIpc) is 2.91. The topological polar surface area (TPSA) is 57.5 Å². The van der Waals surface area contributed by atoms with Crippen molar-refractivity contribution in [3.8, 4) is 10.6 Å². The largest absolute Gasteiger partial charge is 0.544 e. The van der Waals surface area contributed by atoms with E-state index >= 15 is 0 Å². The number of carboxylic acid groups (broad SMARTS) is 1. The minimum Gasteiger partial charge on any atom is -0.544 e. The summed E-state index contributed by atoms with van der Waals surface area (Å²) < 4.78 is 0. The van der Waals surface area contributed by atoms with Gasteiger partial charge in [-0.2, -0.15) is 0 Å². The summed E-state index contributed by atoms with van der Waals surface area (Å²) in [6, 6.07) is 8.20. The molecule has 1 aromatic carbocycles. The fourth-order valence-corrected chi connectivity index (χ4v) is 4.04. The van der Waals surface area contributed by atoms with Crippen molar-refractivity contribution >= 4 is 17.3 Å². The molecule has 1 N–H and O–H groups in total. The lowest BCUT2D eigenvalue weighted by atomic mass is 10.1. The third kappa shape index (κ3) is 3.20. The van der Waals surface area contributed by atoms with Gasteiger partial charge in [0.15, 0.2) is 0 Å². The van der Waals surface area contributed by atoms with Gasteiger partial charge in [0.25, 0.3) is 0 Å². The Kier molecular flexibility index (Phi) is 4.55. The highest BCUT2D eigenvalue weighted by molar-refractivity contribution is 7.17. The van der Waals surface area contributed by atoms with Gasteiger partial charge in [-0.05, 0) is 26.2 Å². The van der Waals surface area contributed by atoms with Crippen molar-refractivity contribution in [2.24, 2.45) is 0 Å². The zero-order valence-electron chi connectivity index (χ0n) is 12.7. The van der Waals surface area contributed by atoms with Gasteiger partial charge in [0.1, 0.15) is 11.6 Å². The Bertz CT molecular complexity index is 675. The maximum atomic E-state index is 11.1. The number of carboxylic acids is 1. The van der Waals surface area contributed by atoms with E-state index in [9.17, 15) is 9.90 Å². The molecule has 1 fully saturated rings. The molecule has 1 aliphatic rings. The van der Waals surface area contributed by atoms with Crippen molar-refractivity contribution in [2.75, 3.05) is 13.1 Å². The number of rotatable bonds is 4. The number of piperidine rings is 1. The van der Waals surface area contributed by atoms with E-state index in [1.165, 1.54) is 49.3 Å². The first-order valence-corrected chi connectivity index (χ1v) is 8.57. The summed E-state index contributed by atoms with van der Waals surface area (Å²) in [5.41, 5.74) is 2.85. The zero-order valence-corrected chi connectivity index (χ0v) is 13.5. The van der Waals surface area contributed by atoms with E-state index in [4.69, 9.17) is 0 Å². The number of carbonyl (C=O) groups excluding carboxylic acids is 1. The molecule has 116 valence electrons. The number of thiazole rings is 1. The summed E-state index contributed by atoms with van der Waals surface area (Å²) >= 11 is 1.21. The molecule has 0 aliphatic carbocycles. The highest BCUT2D eigenvalue weighted by atomic mass is 32.1. The molecule has 2 heterocycles. The average molecular weight is 316 g/mol. The van der Waals surface area contributed by atoms with Gasteiger partial charge in [0, 0.05) is 11.1 Å². The molecule has 0 spiro atoms. The summed E-state index contributed by atoms with van der Waals surface area (Å²) in [4.78, 5) is 17.4. The van der Waals surface area contributed by atoms with Gasteiger partial charge >= 0.3 is 0 Å². The lowest BCUT2D eigenvalue weighted by molar-refractivity contribution is -0.918. The summed E-state index contributed by atoms with van der Waals surface area (Å²) in [6.45, 7) is 5.14. The minimum atomic E-state index is -1.14. The normalized spacial score (nSPS) is 15.9. The molecule has 1 saturated heterocycles. The molecule has 2 aromatic rings. The SMILES string of the molecule is Cc1nc(-c2ccccc2C[NH+]2CCCCC2)sc1C(=O)[O-]. The molecule has 0 atom stereocenters. The lowest BCUT2D eigenvalue weighted by Gasteiger charge is -2.24. The van der Waals surface area contributed by atoms with Crippen LogP contribution in [0.3, 0.4) is 0 Å². The Morgan fingerprint density at radius 3 is 2.68 bits per heavy atom. The van der Waals surface area contributed by atoms with Crippen molar-refractivity contribution in [3.05, 3.63) is 40.4 Å². The van der Waals surface area contributed by atoms with E-state index in [0.29, 0.717) is 5.69 Å². The Morgan fingerprint density at radius 2 is 2.00 bits per heavy atom. The maximum absolute atomic E-state index is 11.1. The van der Waals surface area contributed by atoms with Crippen LogP contribution in [-0.4, -0.2) is 24.0 Å². The van der Waals surface area contributed by atoms with E-state index in [2.05, 4.69) is 11.1 Å². The Labute approximate surface area is 134 Å². The van der Waals surface area contributed by atoms with E-state index in [-0.39, 0.29) is 4.88 Å². The van der Waals surface area contributed by atoms with Gasteiger partial charge in [0.05, 0.1) is 29.6 Å². The first kappa shape index (κ1) is 15.2. The number of nitrogens with one attached hydrogen (secondary N) is 1. The van der Waals surface area contributed by atoms with E-state index in [1.54, 1.807) is 11.8 Å². The summed E-state index contributed by atoms with van der Waals surface area (Å²) in [6.07, 6.45) is 3.93. The second kappa shape index (κ2) is 6.58. The standard InChI is InChI=1S/C17H20N2O2S/c1-12-15(17(20)21)22-16(18-12)14-8-4-3-7-13(14)11-19-9-5-2-6-10-19/h3-4,7-8H,2,5-6,9-11H2,1H3,(H,20,21). The molecule has 0 radical (unpaired) electrons. The van der Waals surface area contributed by atoms with Gasteiger partial charge in [-0.15, -0.1) is 11.3 Å². The molecule has 1 aliphatic heterocycles. The summed E-state index contributed by atoms with van der Waals surface area (Å²) in [5, 5.41) is 11.9. The number of likely N-dealkylation sites (tertiary alicyclic amines) is 1. The van der Waals surface area contributed by atoms with Crippen LogP contribution in [0.25, 0.3) is 10.6 Å². The van der Waals surface area contributed by atoms with Crippen LogP contribution in [0.5, 0.6) is 0 Å². The first-order chi connectivity index (χ1) is 10.6. The second-order valence-electron chi connectivity index (χ2n) is 5.87. The van der Waals surface area contributed by atoms with Gasteiger partial charge in [-0.1, -0.05) is 24.3 Å². The highest BCUT2D eigenvalue weighted by Crippen LogP contribution is 2.29. The van der Waals surface area contributed by atoms with E-state index in [1.807, 2.05) is 18.2 Å². The van der Waals surface area contributed by atoms with E-state index in [0.717, 1.165) is 17.1 Å². The first-order valence-electron chi connectivity index (χ1n) is 7.76. The molecule has 5 heteroatoms. The van der Waals surface area contributed by atoms with E-state index < -0.39 is 5.97 Å². The zero-order chi connectivity index (χ0) is 15.5. The van der Waals surface area contributed by atoms with Crippen molar-refractivity contribution < 1.29 is 14.8 Å². The predicted molar refractivity (Wildman–Crippen MR) is 84.9 cm³/mol. The summed E-state index contributed by atoms with van der Waals surface area (Å²) in [5.74, 6) is -1.14. The van der Waals surface area contributed by atoms with Gasteiger partial charge in [-0.3, -0.25) is 0 Å². The molecule has 0 bridgehead atoms. The number of hydrogen-bond donors (Lipinski definition) is 1. The van der Waals surface area contributed by atoms with Crippen molar-refractivity contribution in [1.29, 1.82) is 0 Å². The number of carbonyl (C=O) groups is 1. The monoisotopic (exact) mass is 316 g/mol. The number of benzene rings is 1. The maximum Gasteiger partial charge on any atom is 0.124 e. The Morgan fingerprint density at radius 1 is 1.27 bits per heavy atom. The van der Waals surface area contributed by atoms with Crippen LogP contribution >= 0.6 is 11.3 Å². The van der Waals surface area contributed by atoms with Crippen LogP contribution in [0.15, 0.2) is 24.3 Å². The van der Waals surface area contributed by atoms with Crippen LogP contribution in [0.4, 0.5) is 0 Å². The Hall–Kier alpha value is -1.72. The highest BCUT2D eigenvalue weighted by Gasteiger charge is 2.18. The number of aryl methyl sites for hydroxylation is 1. The fraction of sp³-hybridized carbons (Fsp3) is 0.412. The van der Waals surface area contributed by atoms with Crippen molar-refractivity contribution in [3.63, 3.8) is 0 Å². The lowest BCUT2D eigenvalue weighted by Crippen LogP contribution is -3.11. The van der Waals surface area contributed by atoms with Crippen LogP contribution in [0, 0.1) is 6.92 Å². The number of quaternary nitrogens is 1. The van der Waals surface area contributed by atoms with Crippen LogP contribution in [0.2, 0.25) is 0 Å². The minimum absolute atomic E-state index is 0.232. The number of nitrogens with zero attached hydrogens (tertiary/aromatic N) is 1. The summed E-state index contributed by atoms with van der Waals surface area (Å²) in [7, 11) is 0. The fourth-order valence-electron chi connectivity index (χ4n) is 3.08. The number of aromatic carboxylic acids is 1.